The maximum atomic E-state index is 13.6. The second kappa shape index (κ2) is 12.1. The number of fused-ring (bicyclic) bond motifs is 1. The van der Waals surface area contributed by atoms with Gasteiger partial charge in [-0.25, -0.2) is 0 Å². The van der Waals surface area contributed by atoms with Gasteiger partial charge in [0.05, 0.1) is 6.54 Å². The first kappa shape index (κ1) is 25.0. The highest BCUT2D eigenvalue weighted by Crippen LogP contribution is 2.29. The Labute approximate surface area is 209 Å². The molecule has 5 heteroatoms. The second-order valence-electron chi connectivity index (χ2n) is 10.2. The molecular formula is C30H39N3O2. The number of carbonyl (C=O) groups excluding carboxylic acids is 2. The number of hydrogen-bond donors (Lipinski definition) is 1. The largest absolute Gasteiger partial charge is 0.361 e. The Morgan fingerprint density at radius 3 is 2.43 bits per heavy atom. The highest BCUT2D eigenvalue weighted by atomic mass is 16.2. The fourth-order valence-corrected chi connectivity index (χ4v) is 5.26. The van der Waals surface area contributed by atoms with Crippen molar-refractivity contribution in [3.63, 3.8) is 0 Å². The zero-order valence-corrected chi connectivity index (χ0v) is 21.2. The third kappa shape index (κ3) is 6.74. The number of nitrogens with one attached hydrogen (secondary N) is 1. The molecule has 0 radical (unpaired) electrons. The lowest BCUT2D eigenvalue weighted by molar-refractivity contribution is -0.142. The molecule has 0 unspecified atom stereocenters. The molecular weight excluding hydrogens is 434 g/mol. The highest BCUT2D eigenvalue weighted by Gasteiger charge is 2.25. The van der Waals surface area contributed by atoms with Crippen LogP contribution in [-0.4, -0.2) is 45.7 Å². The molecule has 35 heavy (non-hydrogen) atoms. The third-order valence-corrected chi connectivity index (χ3v) is 7.39. The minimum absolute atomic E-state index is 0.00206. The predicted octanol–water partition coefficient (Wildman–Crippen LogP) is 5.95. The molecule has 1 aliphatic carbocycles. The molecule has 3 aromatic rings. The molecule has 0 aliphatic heterocycles. The maximum Gasteiger partial charge on any atom is 0.242 e. The smallest absolute Gasteiger partial charge is 0.242 e. The lowest BCUT2D eigenvalue weighted by Crippen LogP contribution is -2.46. The molecule has 2 aromatic carbocycles. The molecule has 0 atom stereocenters. The van der Waals surface area contributed by atoms with Crippen LogP contribution in [0, 0.1) is 5.92 Å². The van der Waals surface area contributed by atoms with E-state index >= 15 is 0 Å². The van der Waals surface area contributed by atoms with E-state index in [0.717, 1.165) is 23.9 Å². The lowest BCUT2D eigenvalue weighted by Gasteiger charge is -2.30. The highest BCUT2D eigenvalue weighted by molar-refractivity contribution is 5.85. The molecule has 0 saturated heterocycles. The van der Waals surface area contributed by atoms with Gasteiger partial charge in [-0.05, 0) is 49.8 Å². The Balaban J connectivity index is 1.44. The Bertz CT molecular complexity index is 1100. The van der Waals surface area contributed by atoms with Gasteiger partial charge in [0.2, 0.25) is 11.8 Å². The Hall–Kier alpha value is -3.08. The number of carbonyl (C=O) groups is 2. The Kier molecular flexibility index (Phi) is 8.62. The van der Waals surface area contributed by atoms with E-state index in [0.29, 0.717) is 25.4 Å². The molecule has 4 rings (SSSR count). The van der Waals surface area contributed by atoms with Crippen LogP contribution in [0.5, 0.6) is 0 Å². The minimum atomic E-state index is 0.00206. The molecule has 1 fully saturated rings. The number of para-hydroxylation sites is 1. The van der Waals surface area contributed by atoms with Crippen LogP contribution in [0.4, 0.5) is 0 Å². The molecule has 2 amide bonds. The number of aromatic nitrogens is 1. The monoisotopic (exact) mass is 473 g/mol. The summed E-state index contributed by atoms with van der Waals surface area (Å²) < 4.78 is 0. The van der Waals surface area contributed by atoms with E-state index in [1.165, 1.54) is 36.6 Å². The fourth-order valence-electron chi connectivity index (χ4n) is 5.26. The topological polar surface area (TPSA) is 56.4 Å². The summed E-state index contributed by atoms with van der Waals surface area (Å²) in [6.07, 6.45) is 9.36. The van der Waals surface area contributed by atoms with Crippen LogP contribution < -0.4 is 0 Å². The van der Waals surface area contributed by atoms with Crippen LogP contribution in [0.1, 0.15) is 63.5 Å². The van der Waals surface area contributed by atoms with Gasteiger partial charge in [-0.15, -0.1) is 0 Å². The van der Waals surface area contributed by atoms with E-state index < -0.39 is 0 Å². The number of H-pyrrole nitrogens is 1. The summed E-state index contributed by atoms with van der Waals surface area (Å²) >= 11 is 0. The molecule has 0 bridgehead atoms. The van der Waals surface area contributed by atoms with Gasteiger partial charge in [-0.3, -0.25) is 9.59 Å². The van der Waals surface area contributed by atoms with Crippen molar-refractivity contribution in [3.8, 4) is 0 Å². The zero-order valence-electron chi connectivity index (χ0n) is 21.2. The standard InChI is InChI=1S/C30H39N3O2/c1-23(2)33(29(34)17-16-24-10-6-7-11-24)22-30(35)32(21-25-12-4-3-5-13-25)19-18-26-20-31-28-15-9-8-14-27(26)28/h3-5,8-9,12-15,20,23-24,31H,6-7,10-11,16-19,21-22H2,1-2H3. The van der Waals surface area contributed by atoms with Gasteiger partial charge in [-0.1, -0.05) is 74.2 Å². The SMILES string of the molecule is CC(C)N(CC(=O)N(CCc1c[nH]c2ccccc12)Cc1ccccc1)C(=O)CCC1CCCC1. The van der Waals surface area contributed by atoms with E-state index in [9.17, 15) is 9.59 Å². The third-order valence-electron chi connectivity index (χ3n) is 7.39. The molecule has 1 N–H and O–H groups in total. The van der Waals surface area contributed by atoms with Crippen molar-refractivity contribution in [2.45, 2.75) is 71.4 Å². The summed E-state index contributed by atoms with van der Waals surface area (Å²) in [6.45, 7) is 5.31. The molecule has 1 heterocycles. The summed E-state index contributed by atoms with van der Waals surface area (Å²) in [5, 5.41) is 1.20. The average Bonchev–Trinajstić information content (AvgIpc) is 3.54. The van der Waals surface area contributed by atoms with E-state index in [2.05, 4.69) is 29.2 Å². The maximum absolute atomic E-state index is 13.6. The van der Waals surface area contributed by atoms with Gasteiger partial charge in [0.1, 0.15) is 0 Å². The van der Waals surface area contributed by atoms with Crippen molar-refractivity contribution < 1.29 is 9.59 Å². The van der Waals surface area contributed by atoms with Gasteiger partial charge in [0.25, 0.3) is 0 Å². The van der Waals surface area contributed by atoms with Gasteiger partial charge < -0.3 is 14.8 Å². The molecule has 186 valence electrons. The summed E-state index contributed by atoms with van der Waals surface area (Å²) in [7, 11) is 0. The number of hydrogen-bond acceptors (Lipinski definition) is 2. The van der Waals surface area contributed by atoms with E-state index in [1.54, 1.807) is 4.90 Å². The summed E-state index contributed by atoms with van der Waals surface area (Å²) in [5.41, 5.74) is 3.42. The average molecular weight is 474 g/mol. The van der Waals surface area contributed by atoms with Crippen molar-refractivity contribution in [1.29, 1.82) is 0 Å². The number of aromatic amines is 1. The van der Waals surface area contributed by atoms with Crippen molar-refractivity contribution in [2.75, 3.05) is 13.1 Å². The van der Waals surface area contributed by atoms with Crippen LogP contribution in [0.3, 0.4) is 0 Å². The van der Waals surface area contributed by atoms with Crippen LogP contribution in [0.25, 0.3) is 10.9 Å². The number of rotatable bonds is 11. The van der Waals surface area contributed by atoms with Crippen molar-refractivity contribution in [1.82, 2.24) is 14.8 Å². The number of nitrogens with zero attached hydrogens (tertiary/aromatic N) is 2. The molecule has 1 aliphatic rings. The fraction of sp³-hybridized carbons (Fsp3) is 0.467. The van der Waals surface area contributed by atoms with Crippen LogP contribution >= 0.6 is 0 Å². The minimum Gasteiger partial charge on any atom is -0.361 e. The first-order chi connectivity index (χ1) is 17.0. The Morgan fingerprint density at radius 1 is 0.971 bits per heavy atom. The summed E-state index contributed by atoms with van der Waals surface area (Å²) in [4.78, 5) is 33.7. The lowest BCUT2D eigenvalue weighted by atomic mass is 10.0. The van der Waals surface area contributed by atoms with Crippen LogP contribution in [-0.2, 0) is 22.6 Å². The van der Waals surface area contributed by atoms with Gasteiger partial charge in [-0.2, -0.15) is 0 Å². The first-order valence-corrected chi connectivity index (χ1v) is 13.2. The molecule has 1 aromatic heterocycles. The normalized spacial score (nSPS) is 14.0. The van der Waals surface area contributed by atoms with Gasteiger partial charge in [0, 0.05) is 42.7 Å². The van der Waals surface area contributed by atoms with E-state index in [4.69, 9.17) is 0 Å². The summed E-state index contributed by atoms with van der Waals surface area (Å²) in [6, 6.07) is 18.4. The van der Waals surface area contributed by atoms with E-state index in [1.807, 2.05) is 55.3 Å². The second-order valence-corrected chi connectivity index (χ2v) is 10.2. The number of amides is 2. The predicted molar refractivity (Wildman–Crippen MR) is 142 cm³/mol. The Morgan fingerprint density at radius 2 is 1.69 bits per heavy atom. The molecule has 5 nitrogen and oxygen atoms in total. The van der Waals surface area contributed by atoms with E-state index in [-0.39, 0.29) is 24.4 Å². The van der Waals surface area contributed by atoms with Gasteiger partial charge >= 0.3 is 0 Å². The first-order valence-electron chi connectivity index (χ1n) is 13.2. The quantitative estimate of drug-likeness (QED) is 0.374. The van der Waals surface area contributed by atoms with Gasteiger partial charge in [0.15, 0.2) is 0 Å². The van der Waals surface area contributed by atoms with Crippen LogP contribution in [0.2, 0.25) is 0 Å². The van der Waals surface area contributed by atoms with Crippen molar-refractivity contribution in [3.05, 3.63) is 71.9 Å². The molecule has 0 spiro atoms. The molecule has 1 saturated carbocycles. The van der Waals surface area contributed by atoms with Crippen LogP contribution in [0.15, 0.2) is 60.8 Å². The summed E-state index contributed by atoms with van der Waals surface area (Å²) in [5.74, 6) is 0.794. The zero-order chi connectivity index (χ0) is 24.6. The number of benzene rings is 2. The van der Waals surface area contributed by atoms with Crippen molar-refractivity contribution in [2.24, 2.45) is 5.92 Å². The van der Waals surface area contributed by atoms with Crippen molar-refractivity contribution >= 4 is 22.7 Å².